The second-order valence-electron chi connectivity index (χ2n) is 14.6. The standard InChI is InChI=1S/C38H53NO15/c1-4-7-19(2)14-25(35(44)45)50-33-28(41)27(17-40)52-37(29(33)42)51-24-12-13-47-26(32(24)54-36-30(43)34-31(53-34)20(3)49-36)16-39-38(46)48-18-21-10-11-22-8-5-6-9-23(22)15-21/h5-6,8-11,15,19-20,24-34,36-37,40-43H,4,7,12-14,16-18H2,1-3H3,(H,39,46)(H,44,45). The van der Waals surface area contributed by atoms with Gasteiger partial charge in [-0.2, -0.15) is 0 Å². The zero-order chi connectivity index (χ0) is 38.5. The minimum absolute atomic E-state index is 0.0102. The molecule has 0 spiro atoms. The van der Waals surface area contributed by atoms with Crippen LogP contribution in [0.4, 0.5) is 4.79 Å². The molecule has 16 nitrogen and oxygen atoms in total. The number of carbonyl (C=O) groups is 2. The Bertz CT molecular complexity index is 1550. The number of nitrogens with one attached hydrogen (secondary N) is 1. The number of carbonyl (C=O) groups excluding carboxylic acids is 1. The fourth-order valence-corrected chi connectivity index (χ4v) is 7.50. The van der Waals surface area contributed by atoms with Crippen LogP contribution in [0.5, 0.6) is 0 Å². The Labute approximate surface area is 313 Å². The number of carboxylic acid groups (broad SMARTS) is 1. The first-order valence-corrected chi connectivity index (χ1v) is 18.8. The molecule has 4 aliphatic heterocycles. The third-order valence-electron chi connectivity index (χ3n) is 10.5. The highest BCUT2D eigenvalue weighted by atomic mass is 16.8. The van der Waals surface area contributed by atoms with Crippen LogP contribution in [-0.4, -0.2) is 143 Å². The van der Waals surface area contributed by atoms with Gasteiger partial charge in [0.15, 0.2) is 18.7 Å². The normalized spacial score (nSPS) is 36.2. The molecule has 2 aromatic rings. The molecule has 0 aliphatic carbocycles. The number of aliphatic carboxylic acids is 1. The Balaban J connectivity index is 1.15. The molecule has 6 N–H and O–H groups in total. The average molecular weight is 764 g/mol. The number of aliphatic hydroxyl groups excluding tert-OH is 4. The quantitative estimate of drug-likeness (QED) is 0.134. The van der Waals surface area contributed by atoms with Crippen molar-refractivity contribution in [3.05, 3.63) is 48.0 Å². The molecule has 54 heavy (non-hydrogen) atoms. The Hall–Kier alpha value is -3.00. The van der Waals surface area contributed by atoms with Gasteiger partial charge in [-0.3, -0.25) is 0 Å². The maximum Gasteiger partial charge on any atom is 0.407 e. The lowest BCUT2D eigenvalue weighted by molar-refractivity contribution is -0.346. The summed E-state index contributed by atoms with van der Waals surface area (Å²) in [5, 5.41) is 58.2. The molecule has 4 fully saturated rings. The van der Waals surface area contributed by atoms with E-state index in [-0.39, 0.29) is 50.7 Å². The van der Waals surface area contributed by atoms with Gasteiger partial charge in [0.1, 0.15) is 61.5 Å². The molecule has 1 amide bonds. The summed E-state index contributed by atoms with van der Waals surface area (Å²) in [5.74, 6) is -1.27. The van der Waals surface area contributed by atoms with Gasteiger partial charge < -0.3 is 68.7 Å². The largest absolute Gasteiger partial charge is 0.479 e. The van der Waals surface area contributed by atoms with Gasteiger partial charge in [0, 0.05) is 13.2 Å². The predicted octanol–water partition coefficient (Wildman–Crippen LogP) is 1.60. The van der Waals surface area contributed by atoms with Gasteiger partial charge in [-0.05, 0) is 48.1 Å². The molecule has 0 aromatic heterocycles. The highest BCUT2D eigenvalue weighted by Crippen LogP contribution is 2.39. The number of hydrogen-bond donors (Lipinski definition) is 6. The summed E-state index contributed by atoms with van der Waals surface area (Å²) in [6, 6.07) is 13.6. The van der Waals surface area contributed by atoms with Crippen molar-refractivity contribution in [2.24, 2.45) is 5.92 Å². The van der Waals surface area contributed by atoms with E-state index in [0.29, 0.717) is 0 Å². The van der Waals surface area contributed by atoms with Crippen molar-refractivity contribution in [2.75, 3.05) is 19.8 Å². The first-order chi connectivity index (χ1) is 26.0. The van der Waals surface area contributed by atoms with Crippen LogP contribution in [-0.2, 0) is 49.3 Å². The molecular weight excluding hydrogens is 710 g/mol. The summed E-state index contributed by atoms with van der Waals surface area (Å²) in [7, 11) is 0. The minimum Gasteiger partial charge on any atom is -0.479 e. The first kappa shape index (κ1) is 40.7. The first-order valence-electron chi connectivity index (χ1n) is 18.8. The summed E-state index contributed by atoms with van der Waals surface area (Å²) in [6.07, 6.45) is -13.9. The van der Waals surface area contributed by atoms with Gasteiger partial charge in [-0.25, -0.2) is 9.59 Å². The van der Waals surface area contributed by atoms with Crippen LogP contribution in [0.15, 0.2) is 42.5 Å². The molecule has 6 rings (SSSR count). The Morgan fingerprint density at radius 1 is 0.926 bits per heavy atom. The van der Waals surface area contributed by atoms with Gasteiger partial charge in [-0.15, -0.1) is 0 Å². The summed E-state index contributed by atoms with van der Waals surface area (Å²) in [5.41, 5.74) is 0.801. The maximum atomic E-state index is 12.9. The second-order valence-corrected chi connectivity index (χ2v) is 14.6. The summed E-state index contributed by atoms with van der Waals surface area (Å²) in [4.78, 5) is 25.1. The Morgan fingerprint density at radius 3 is 2.43 bits per heavy atom. The van der Waals surface area contributed by atoms with Gasteiger partial charge in [0.2, 0.25) is 0 Å². The number of epoxide rings is 1. The predicted molar refractivity (Wildman–Crippen MR) is 188 cm³/mol. The Kier molecular flexibility index (Phi) is 13.8. The molecular formula is C38H53NO15. The summed E-state index contributed by atoms with van der Waals surface area (Å²) >= 11 is 0. The lowest BCUT2D eigenvalue weighted by Crippen LogP contribution is -2.63. The van der Waals surface area contributed by atoms with Crippen molar-refractivity contribution in [1.82, 2.24) is 5.32 Å². The number of benzene rings is 2. The molecule has 15 unspecified atom stereocenters. The molecule has 0 bridgehead atoms. The van der Waals surface area contributed by atoms with E-state index >= 15 is 0 Å². The van der Waals surface area contributed by atoms with Crippen LogP contribution in [0.25, 0.3) is 10.8 Å². The zero-order valence-electron chi connectivity index (χ0n) is 30.7. The highest BCUT2D eigenvalue weighted by Gasteiger charge is 2.58. The van der Waals surface area contributed by atoms with Crippen LogP contribution in [0.1, 0.15) is 52.0 Å². The second kappa shape index (κ2) is 18.3. The molecule has 15 atom stereocenters. The third-order valence-corrected chi connectivity index (χ3v) is 10.5. The molecule has 4 saturated heterocycles. The van der Waals surface area contributed by atoms with E-state index in [2.05, 4.69) is 5.32 Å². The monoisotopic (exact) mass is 763 g/mol. The smallest absolute Gasteiger partial charge is 0.407 e. The van der Waals surface area contributed by atoms with Crippen molar-refractivity contribution >= 4 is 22.8 Å². The molecule has 2 aromatic carbocycles. The summed E-state index contributed by atoms with van der Waals surface area (Å²) in [6.45, 7) is 5.05. The maximum absolute atomic E-state index is 12.9. The molecule has 4 heterocycles. The van der Waals surface area contributed by atoms with Crippen molar-refractivity contribution < 1.29 is 73.0 Å². The van der Waals surface area contributed by atoms with Crippen LogP contribution >= 0.6 is 0 Å². The van der Waals surface area contributed by atoms with Crippen LogP contribution in [0.3, 0.4) is 0 Å². The highest BCUT2D eigenvalue weighted by molar-refractivity contribution is 5.83. The van der Waals surface area contributed by atoms with Gasteiger partial charge in [0.05, 0.1) is 18.8 Å². The molecule has 16 heteroatoms. The van der Waals surface area contributed by atoms with Crippen LogP contribution in [0, 0.1) is 5.92 Å². The number of alkyl carbamates (subject to hydrolysis) is 1. The Morgan fingerprint density at radius 2 is 1.69 bits per heavy atom. The fourth-order valence-electron chi connectivity index (χ4n) is 7.50. The number of ether oxygens (including phenoxy) is 8. The number of hydrogen-bond acceptors (Lipinski definition) is 14. The number of aliphatic hydroxyl groups is 4. The molecule has 4 aliphatic rings. The van der Waals surface area contributed by atoms with Crippen molar-refractivity contribution in [1.29, 1.82) is 0 Å². The molecule has 300 valence electrons. The average Bonchev–Trinajstić information content (AvgIpc) is 3.97. The number of rotatable bonds is 16. The van der Waals surface area contributed by atoms with E-state index in [4.69, 9.17) is 37.9 Å². The van der Waals surface area contributed by atoms with Crippen LogP contribution in [0.2, 0.25) is 0 Å². The van der Waals surface area contributed by atoms with Gasteiger partial charge in [0.25, 0.3) is 0 Å². The number of carboxylic acids is 1. The van der Waals surface area contributed by atoms with E-state index in [1.54, 1.807) is 6.92 Å². The van der Waals surface area contributed by atoms with E-state index < -0.39 is 92.3 Å². The van der Waals surface area contributed by atoms with Crippen molar-refractivity contribution in [3.63, 3.8) is 0 Å². The SMILES string of the molecule is CCCC(C)CC(OC1C(O)C(CO)OC(OC2CCOC(CNC(=O)OCc3ccc4ccccc4c3)C2OC2OC(C)C3OC3C2O)C1O)C(=O)O. The van der Waals surface area contributed by atoms with Gasteiger partial charge in [-0.1, -0.05) is 63.1 Å². The van der Waals surface area contributed by atoms with Crippen molar-refractivity contribution in [2.45, 2.75) is 139 Å². The number of fused-ring (bicyclic) bond motifs is 2. The number of amides is 1. The third kappa shape index (κ3) is 9.68. The fraction of sp³-hybridized carbons (Fsp3) is 0.684. The van der Waals surface area contributed by atoms with E-state index in [0.717, 1.165) is 29.2 Å². The van der Waals surface area contributed by atoms with Gasteiger partial charge >= 0.3 is 12.1 Å². The van der Waals surface area contributed by atoms with E-state index in [1.807, 2.05) is 56.3 Å². The topological polar surface area (TPSA) is 224 Å². The lowest BCUT2D eigenvalue weighted by Gasteiger charge is -2.46. The minimum atomic E-state index is -1.69. The molecule has 0 radical (unpaired) electrons. The lowest BCUT2D eigenvalue weighted by atomic mass is 9.95. The van der Waals surface area contributed by atoms with E-state index in [9.17, 15) is 35.1 Å². The molecule has 0 saturated carbocycles. The summed E-state index contributed by atoms with van der Waals surface area (Å²) < 4.78 is 47.3. The van der Waals surface area contributed by atoms with E-state index in [1.165, 1.54) is 0 Å². The van der Waals surface area contributed by atoms with Crippen LogP contribution < -0.4 is 5.32 Å². The van der Waals surface area contributed by atoms with Crippen molar-refractivity contribution in [3.8, 4) is 0 Å². The zero-order valence-corrected chi connectivity index (χ0v) is 30.7.